The zero-order chi connectivity index (χ0) is 17.4. The lowest BCUT2D eigenvalue weighted by Crippen LogP contribution is -2.35. The third-order valence-corrected chi connectivity index (χ3v) is 4.91. The van der Waals surface area contributed by atoms with Gasteiger partial charge in [0.1, 0.15) is 5.82 Å². The summed E-state index contributed by atoms with van der Waals surface area (Å²) in [7, 11) is 3.96. The van der Waals surface area contributed by atoms with Crippen LogP contribution in [0.3, 0.4) is 0 Å². The molecule has 1 saturated heterocycles. The van der Waals surface area contributed by atoms with Crippen molar-refractivity contribution in [3.8, 4) is 0 Å². The van der Waals surface area contributed by atoms with Gasteiger partial charge in [-0.1, -0.05) is 5.16 Å². The SMILES string of the molecule is CC(c1ncno1)N1CCC(c2nnc3ccc(N(C)C)nn23)CC1. The highest BCUT2D eigenvalue weighted by Gasteiger charge is 2.29. The van der Waals surface area contributed by atoms with Crippen molar-refractivity contribution in [2.45, 2.75) is 31.7 Å². The number of aromatic nitrogens is 6. The maximum absolute atomic E-state index is 5.20. The van der Waals surface area contributed by atoms with Crippen molar-refractivity contribution < 1.29 is 4.52 Å². The summed E-state index contributed by atoms with van der Waals surface area (Å²) in [5.74, 6) is 2.87. The van der Waals surface area contributed by atoms with Crippen LogP contribution in [0.1, 0.15) is 43.4 Å². The fourth-order valence-electron chi connectivity index (χ4n) is 3.36. The monoisotopic (exact) mass is 342 g/mol. The molecule has 0 saturated carbocycles. The van der Waals surface area contributed by atoms with Gasteiger partial charge in [-0.2, -0.15) is 9.50 Å². The molecule has 0 aromatic carbocycles. The molecular formula is C16H22N8O. The van der Waals surface area contributed by atoms with E-state index in [1.54, 1.807) is 0 Å². The highest BCUT2D eigenvalue weighted by molar-refractivity contribution is 5.45. The molecule has 9 heteroatoms. The summed E-state index contributed by atoms with van der Waals surface area (Å²) in [6.45, 7) is 4.01. The van der Waals surface area contributed by atoms with Crippen LogP contribution in [0.4, 0.5) is 5.82 Å². The molecule has 0 aliphatic carbocycles. The number of nitrogens with zero attached hydrogens (tertiary/aromatic N) is 8. The molecular weight excluding hydrogens is 320 g/mol. The van der Waals surface area contributed by atoms with Gasteiger partial charge in [0.05, 0.1) is 6.04 Å². The summed E-state index contributed by atoms with van der Waals surface area (Å²) in [6, 6.07) is 4.06. The minimum Gasteiger partial charge on any atom is -0.361 e. The van der Waals surface area contributed by atoms with Crippen molar-refractivity contribution in [2.24, 2.45) is 0 Å². The Bertz CT molecular complexity index is 835. The van der Waals surface area contributed by atoms with Gasteiger partial charge in [0.25, 0.3) is 0 Å². The van der Waals surface area contributed by atoms with E-state index < -0.39 is 0 Å². The lowest BCUT2D eigenvalue weighted by Gasteiger charge is -2.33. The number of rotatable bonds is 4. The summed E-state index contributed by atoms with van der Waals surface area (Å²) >= 11 is 0. The molecule has 1 unspecified atom stereocenters. The Hall–Kier alpha value is -2.55. The predicted octanol–water partition coefficient (Wildman–Crippen LogP) is 1.51. The van der Waals surface area contributed by atoms with Crippen molar-refractivity contribution in [1.82, 2.24) is 34.9 Å². The standard InChI is InChI=1S/C16H22N8O/c1-11(16-17-10-18-25-16)23-8-6-12(7-9-23)15-20-19-13-4-5-14(22(2)3)21-24(13)15/h4-5,10-12H,6-9H2,1-3H3. The highest BCUT2D eigenvalue weighted by atomic mass is 16.5. The molecule has 132 valence electrons. The number of fused-ring (bicyclic) bond motifs is 1. The van der Waals surface area contributed by atoms with E-state index in [-0.39, 0.29) is 6.04 Å². The second-order valence-corrected chi connectivity index (χ2v) is 6.68. The first-order chi connectivity index (χ1) is 12.1. The second kappa shape index (κ2) is 6.40. The second-order valence-electron chi connectivity index (χ2n) is 6.68. The first-order valence-electron chi connectivity index (χ1n) is 8.54. The van der Waals surface area contributed by atoms with Gasteiger partial charge in [-0.05, 0) is 45.0 Å². The zero-order valence-electron chi connectivity index (χ0n) is 14.7. The Morgan fingerprint density at radius 2 is 2.00 bits per heavy atom. The number of anilines is 1. The Labute approximate surface area is 145 Å². The first-order valence-corrected chi connectivity index (χ1v) is 8.54. The molecule has 9 nitrogen and oxygen atoms in total. The van der Waals surface area contributed by atoms with Crippen molar-refractivity contribution in [1.29, 1.82) is 0 Å². The van der Waals surface area contributed by atoms with Gasteiger partial charge in [-0.15, -0.1) is 15.3 Å². The lowest BCUT2D eigenvalue weighted by atomic mass is 9.95. The van der Waals surface area contributed by atoms with Gasteiger partial charge < -0.3 is 9.42 Å². The van der Waals surface area contributed by atoms with Crippen LogP contribution in [0.2, 0.25) is 0 Å². The smallest absolute Gasteiger partial charge is 0.243 e. The third-order valence-electron chi connectivity index (χ3n) is 4.91. The van der Waals surface area contributed by atoms with E-state index >= 15 is 0 Å². The van der Waals surface area contributed by atoms with E-state index in [1.807, 2.05) is 35.6 Å². The van der Waals surface area contributed by atoms with E-state index in [2.05, 4.69) is 37.3 Å². The number of piperidine rings is 1. The Kier molecular flexibility index (Phi) is 4.08. The normalized spacial score (nSPS) is 17.9. The van der Waals surface area contributed by atoms with Gasteiger partial charge in [-0.3, -0.25) is 4.90 Å². The minimum absolute atomic E-state index is 0.136. The summed E-state index contributed by atoms with van der Waals surface area (Å²) in [6.07, 6.45) is 3.47. The van der Waals surface area contributed by atoms with Crippen LogP contribution in [0.25, 0.3) is 5.65 Å². The summed E-state index contributed by atoms with van der Waals surface area (Å²) in [5.41, 5.74) is 0.794. The van der Waals surface area contributed by atoms with Gasteiger partial charge in [-0.25, -0.2) is 0 Å². The molecule has 0 radical (unpaired) electrons. The van der Waals surface area contributed by atoms with Crippen LogP contribution < -0.4 is 4.90 Å². The third kappa shape index (κ3) is 2.95. The molecule has 0 bridgehead atoms. The van der Waals surface area contributed by atoms with Gasteiger partial charge in [0.2, 0.25) is 5.89 Å². The molecule has 3 aromatic heterocycles. The molecule has 3 aromatic rings. The van der Waals surface area contributed by atoms with Crippen molar-refractivity contribution in [3.05, 3.63) is 30.2 Å². The minimum atomic E-state index is 0.136. The van der Waals surface area contributed by atoms with E-state index in [4.69, 9.17) is 4.52 Å². The molecule has 1 aliphatic rings. The molecule has 0 N–H and O–H groups in total. The molecule has 1 fully saturated rings. The van der Waals surface area contributed by atoms with Gasteiger partial charge >= 0.3 is 0 Å². The Morgan fingerprint density at radius 1 is 1.20 bits per heavy atom. The maximum atomic E-state index is 5.20. The lowest BCUT2D eigenvalue weighted by molar-refractivity contribution is 0.134. The summed E-state index contributed by atoms with van der Waals surface area (Å²) < 4.78 is 7.08. The number of hydrogen-bond acceptors (Lipinski definition) is 8. The predicted molar refractivity (Wildman–Crippen MR) is 91.4 cm³/mol. The molecule has 0 amide bonds. The fraction of sp³-hybridized carbons (Fsp3) is 0.562. The van der Waals surface area contributed by atoms with E-state index in [1.165, 1.54) is 6.33 Å². The van der Waals surface area contributed by atoms with E-state index in [0.29, 0.717) is 11.8 Å². The Morgan fingerprint density at radius 3 is 2.68 bits per heavy atom. The molecule has 1 atom stereocenters. The van der Waals surface area contributed by atoms with Crippen LogP contribution in [-0.2, 0) is 0 Å². The van der Waals surface area contributed by atoms with Crippen LogP contribution in [0.5, 0.6) is 0 Å². The topological polar surface area (TPSA) is 88.5 Å². The quantitative estimate of drug-likeness (QED) is 0.705. The summed E-state index contributed by atoms with van der Waals surface area (Å²) in [4.78, 5) is 8.52. The molecule has 1 aliphatic heterocycles. The van der Waals surface area contributed by atoms with Crippen molar-refractivity contribution >= 4 is 11.5 Å². The molecule has 4 rings (SSSR count). The zero-order valence-corrected chi connectivity index (χ0v) is 14.7. The number of likely N-dealkylation sites (tertiary alicyclic amines) is 1. The molecule has 4 heterocycles. The highest BCUT2D eigenvalue weighted by Crippen LogP contribution is 2.31. The largest absolute Gasteiger partial charge is 0.361 e. The fourth-order valence-corrected chi connectivity index (χ4v) is 3.36. The van der Waals surface area contributed by atoms with Gasteiger partial charge in [0.15, 0.2) is 17.8 Å². The van der Waals surface area contributed by atoms with Crippen molar-refractivity contribution in [2.75, 3.05) is 32.1 Å². The number of hydrogen-bond donors (Lipinski definition) is 0. The average molecular weight is 342 g/mol. The van der Waals surface area contributed by atoms with E-state index in [9.17, 15) is 0 Å². The molecule has 0 spiro atoms. The van der Waals surface area contributed by atoms with Crippen LogP contribution >= 0.6 is 0 Å². The summed E-state index contributed by atoms with van der Waals surface area (Å²) in [5, 5.41) is 17.1. The van der Waals surface area contributed by atoms with Crippen LogP contribution in [-0.4, -0.2) is 62.0 Å². The maximum Gasteiger partial charge on any atom is 0.243 e. The van der Waals surface area contributed by atoms with Crippen LogP contribution in [0, 0.1) is 0 Å². The average Bonchev–Trinajstić information content (AvgIpc) is 3.30. The van der Waals surface area contributed by atoms with Crippen LogP contribution in [0.15, 0.2) is 23.0 Å². The van der Waals surface area contributed by atoms with E-state index in [0.717, 1.165) is 43.2 Å². The molecule has 25 heavy (non-hydrogen) atoms. The van der Waals surface area contributed by atoms with Crippen molar-refractivity contribution in [3.63, 3.8) is 0 Å². The Balaban J connectivity index is 1.51. The first kappa shape index (κ1) is 15.9. The van der Waals surface area contributed by atoms with Gasteiger partial charge in [0, 0.05) is 20.0 Å².